The second-order valence-corrected chi connectivity index (χ2v) is 4.57. The summed E-state index contributed by atoms with van der Waals surface area (Å²) in [7, 11) is 0. The van der Waals surface area contributed by atoms with Gasteiger partial charge in [0, 0.05) is 10.9 Å². The van der Waals surface area contributed by atoms with Gasteiger partial charge in [0.2, 0.25) is 0 Å². The molecule has 0 spiro atoms. The summed E-state index contributed by atoms with van der Waals surface area (Å²) < 4.78 is 0. The minimum atomic E-state index is -0.865. The smallest absolute Gasteiger partial charge is 0.337 e. The summed E-state index contributed by atoms with van der Waals surface area (Å²) in [5.74, 6) is -0.865. The zero-order valence-electron chi connectivity index (χ0n) is 9.15. The van der Waals surface area contributed by atoms with Crippen molar-refractivity contribution in [2.75, 3.05) is 0 Å². The number of carboxylic acid groups (broad SMARTS) is 1. The van der Waals surface area contributed by atoms with Crippen molar-refractivity contribution in [3.8, 4) is 11.1 Å². The molecule has 2 nitrogen and oxygen atoms in total. The van der Waals surface area contributed by atoms with E-state index in [9.17, 15) is 4.79 Å². The number of carboxylic acids is 1. The predicted molar refractivity (Wildman–Crippen MR) is 66.2 cm³/mol. The van der Waals surface area contributed by atoms with Gasteiger partial charge < -0.3 is 5.11 Å². The highest BCUT2D eigenvalue weighted by Crippen LogP contribution is 2.30. The van der Waals surface area contributed by atoms with Gasteiger partial charge in [-0.2, -0.15) is 11.3 Å². The molecule has 0 saturated carbocycles. The van der Waals surface area contributed by atoms with Crippen LogP contribution >= 0.6 is 11.3 Å². The number of rotatable bonds is 2. The van der Waals surface area contributed by atoms with Crippen LogP contribution in [0.2, 0.25) is 0 Å². The van der Waals surface area contributed by atoms with Crippen LogP contribution in [0.1, 0.15) is 21.5 Å². The minimum Gasteiger partial charge on any atom is -0.478 e. The van der Waals surface area contributed by atoms with Gasteiger partial charge in [-0.1, -0.05) is 23.8 Å². The van der Waals surface area contributed by atoms with Crippen molar-refractivity contribution in [1.29, 1.82) is 0 Å². The fourth-order valence-corrected chi connectivity index (χ4v) is 2.61. The number of carbonyl (C=O) groups is 1. The molecule has 0 aliphatic carbocycles. The second kappa shape index (κ2) is 4.10. The Labute approximate surface area is 98.2 Å². The van der Waals surface area contributed by atoms with Gasteiger partial charge in [0.15, 0.2) is 0 Å². The summed E-state index contributed by atoms with van der Waals surface area (Å²) in [5, 5.41) is 12.6. The molecule has 16 heavy (non-hydrogen) atoms. The highest BCUT2D eigenvalue weighted by atomic mass is 32.1. The molecule has 0 atom stereocenters. The molecular formula is C13H12O2S. The molecule has 0 unspecified atom stereocenters. The van der Waals surface area contributed by atoms with Crippen LogP contribution in [0.4, 0.5) is 0 Å². The van der Waals surface area contributed by atoms with Gasteiger partial charge in [0.1, 0.15) is 0 Å². The normalized spacial score (nSPS) is 10.4. The van der Waals surface area contributed by atoms with Crippen LogP contribution in [0.3, 0.4) is 0 Å². The molecule has 0 aliphatic heterocycles. The average molecular weight is 232 g/mol. The molecule has 82 valence electrons. The number of hydrogen-bond acceptors (Lipinski definition) is 2. The fourth-order valence-electron chi connectivity index (χ4n) is 1.79. The second-order valence-electron chi connectivity index (χ2n) is 3.82. The Morgan fingerprint density at radius 3 is 2.56 bits per heavy atom. The Kier molecular flexibility index (Phi) is 2.79. The van der Waals surface area contributed by atoms with Crippen molar-refractivity contribution in [3.05, 3.63) is 45.6 Å². The van der Waals surface area contributed by atoms with Crippen LogP contribution in [0, 0.1) is 13.8 Å². The molecule has 0 amide bonds. The van der Waals surface area contributed by atoms with Crippen LogP contribution in [-0.2, 0) is 0 Å². The van der Waals surface area contributed by atoms with Crippen LogP contribution in [0.15, 0.2) is 29.0 Å². The van der Waals surface area contributed by atoms with E-state index in [0.717, 1.165) is 16.7 Å². The van der Waals surface area contributed by atoms with Gasteiger partial charge in [0.05, 0.1) is 5.56 Å². The largest absolute Gasteiger partial charge is 0.478 e. The summed E-state index contributed by atoms with van der Waals surface area (Å²) in [5.41, 5.74) is 4.51. The Morgan fingerprint density at radius 1 is 1.19 bits per heavy atom. The van der Waals surface area contributed by atoms with E-state index in [1.54, 1.807) is 5.38 Å². The molecule has 1 aromatic carbocycles. The average Bonchev–Trinajstić information content (AvgIpc) is 2.66. The zero-order valence-corrected chi connectivity index (χ0v) is 9.97. The fraction of sp³-hybridized carbons (Fsp3) is 0.154. The van der Waals surface area contributed by atoms with E-state index in [0.29, 0.717) is 5.56 Å². The van der Waals surface area contributed by atoms with Gasteiger partial charge in [-0.25, -0.2) is 4.79 Å². The molecule has 1 N–H and O–H groups in total. The van der Waals surface area contributed by atoms with Crippen LogP contribution in [0.5, 0.6) is 0 Å². The lowest BCUT2D eigenvalue weighted by atomic mass is 9.98. The summed E-state index contributed by atoms with van der Waals surface area (Å²) in [4.78, 5) is 11.0. The molecule has 0 aliphatic rings. The minimum absolute atomic E-state index is 0.386. The number of aryl methyl sites for hydroxylation is 2. The molecule has 0 radical (unpaired) electrons. The number of thiophene rings is 1. The van der Waals surface area contributed by atoms with Gasteiger partial charge in [-0.3, -0.25) is 0 Å². The maximum absolute atomic E-state index is 11.0. The van der Waals surface area contributed by atoms with Crippen molar-refractivity contribution in [1.82, 2.24) is 0 Å². The standard InChI is InChI=1S/C13H12O2S/c1-8-3-4-10(9(2)5-8)11-6-16-7-12(11)13(14)15/h3-7H,1-2H3,(H,14,15). The molecule has 1 heterocycles. The Balaban J connectivity index is 2.59. The van der Waals surface area contributed by atoms with Gasteiger partial charge >= 0.3 is 5.97 Å². The summed E-state index contributed by atoms with van der Waals surface area (Å²) in [6.07, 6.45) is 0. The van der Waals surface area contributed by atoms with Crippen molar-refractivity contribution < 1.29 is 9.90 Å². The Bertz CT molecular complexity index is 541. The van der Waals surface area contributed by atoms with Crippen molar-refractivity contribution in [2.24, 2.45) is 0 Å². The van der Waals surface area contributed by atoms with E-state index in [-0.39, 0.29) is 0 Å². The maximum Gasteiger partial charge on any atom is 0.337 e. The topological polar surface area (TPSA) is 37.3 Å². The van der Waals surface area contributed by atoms with Gasteiger partial charge in [-0.05, 0) is 30.4 Å². The molecule has 0 bridgehead atoms. The highest BCUT2D eigenvalue weighted by Gasteiger charge is 2.13. The van der Waals surface area contributed by atoms with E-state index in [1.165, 1.54) is 16.9 Å². The highest BCUT2D eigenvalue weighted by molar-refractivity contribution is 7.08. The molecule has 2 aromatic rings. The Morgan fingerprint density at radius 2 is 1.94 bits per heavy atom. The van der Waals surface area contributed by atoms with Crippen molar-refractivity contribution in [2.45, 2.75) is 13.8 Å². The van der Waals surface area contributed by atoms with Gasteiger partial charge in [0.25, 0.3) is 0 Å². The third-order valence-electron chi connectivity index (χ3n) is 2.56. The van der Waals surface area contributed by atoms with Crippen LogP contribution in [0.25, 0.3) is 11.1 Å². The molecule has 0 saturated heterocycles. The first-order chi connectivity index (χ1) is 7.59. The lowest BCUT2D eigenvalue weighted by molar-refractivity contribution is 0.0698. The summed E-state index contributed by atoms with van der Waals surface area (Å²) in [6, 6.07) is 6.06. The van der Waals surface area contributed by atoms with Gasteiger partial charge in [-0.15, -0.1) is 0 Å². The van der Waals surface area contributed by atoms with E-state index in [4.69, 9.17) is 5.11 Å². The monoisotopic (exact) mass is 232 g/mol. The first-order valence-electron chi connectivity index (χ1n) is 4.96. The molecule has 3 heteroatoms. The van der Waals surface area contributed by atoms with Crippen molar-refractivity contribution >= 4 is 17.3 Å². The lowest BCUT2D eigenvalue weighted by Crippen LogP contribution is -1.96. The molecule has 2 rings (SSSR count). The quantitative estimate of drug-likeness (QED) is 0.856. The van der Waals surface area contributed by atoms with Crippen molar-refractivity contribution in [3.63, 3.8) is 0 Å². The molecule has 1 aromatic heterocycles. The molecule has 0 fully saturated rings. The van der Waals surface area contributed by atoms with E-state index >= 15 is 0 Å². The third-order valence-corrected chi connectivity index (χ3v) is 3.31. The SMILES string of the molecule is Cc1ccc(-c2cscc2C(=O)O)c(C)c1. The Hall–Kier alpha value is -1.61. The summed E-state index contributed by atoms with van der Waals surface area (Å²) in [6.45, 7) is 4.04. The number of benzene rings is 1. The number of hydrogen-bond donors (Lipinski definition) is 1. The lowest BCUT2D eigenvalue weighted by Gasteiger charge is -2.06. The molecular weight excluding hydrogens is 220 g/mol. The van der Waals surface area contributed by atoms with E-state index in [2.05, 4.69) is 6.07 Å². The first kappa shape index (κ1) is 10.9. The van der Waals surface area contributed by atoms with Crippen LogP contribution in [-0.4, -0.2) is 11.1 Å². The van der Waals surface area contributed by atoms with E-state index < -0.39 is 5.97 Å². The third kappa shape index (κ3) is 1.86. The predicted octanol–water partition coefficient (Wildman–Crippen LogP) is 3.73. The van der Waals surface area contributed by atoms with E-state index in [1.807, 2.05) is 31.4 Å². The zero-order chi connectivity index (χ0) is 11.7. The first-order valence-corrected chi connectivity index (χ1v) is 5.91. The number of aromatic carboxylic acids is 1. The summed E-state index contributed by atoms with van der Waals surface area (Å²) >= 11 is 1.42. The maximum atomic E-state index is 11.0. The van der Waals surface area contributed by atoms with Crippen LogP contribution < -0.4 is 0 Å².